The van der Waals surface area contributed by atoms with Crippen LogP contribution < -0.4 is 5.32 Å². The number of carbonyl (C=O) groups is 1. The van der Waals surface area contributed by atoms with Gasteiger partial charge in [0.05, 0.1) is 17.8 Å². The zero-order valence-corrected chi connectivity index (χ0v) is 17.7. The number of hydrogen-bond acceptors (Lipinski definition) is 3. The molecule has 1 aliphatic heterocycles. The van der Waals surface area contributed by atoms with Gasteiger partial charge in [-0.25, -0.2) is 9.07 Å². The number of halogens is 2. The van der Waals surface area contributed by atoms with E-state index in [1.807, 2.05) is 48.5 Å². The van der Waals surface area contributed by atoms with Gasteiger partial charge in [0.1, 0.15) is 5.82 Å². The predicted octanol–water partition coefficient (Wildman–Crippen LogP) is 3.85. The number of rotatable bonds is 5. The number of hydrogen-bond donors (Lipinski definition) is 1. The van der Waals surface area contributed by atoms with E-state index in [4.69, 9.17) is 5.10 Å². The van der Waals surface area contributed by atoms with E-state index in [1.54, 1.807) is 16.8 Å². The fourth-order valence-electron chi connectivity index (χ4n) is 3.80. The number of benzene rings is 2. The van der Waals surface area contributed by atoms with Gasteiger partial charge in [0, 0.05) is 36.5 Å². The molecule has 158 valence electrons. The van der Waals surface area contributed by atoms with E-state index < -0.39 is 0 Å². The van der Waals surface area contributed by atoms with Crippen LogP contribution >= 0.6 is 12.4 Å². The predicted molar refractivity (Wildman–Crippen MR) is 119 cm³/mol. The average Bonchev–Trinajstić information content (AvgIpc) is 3.18. The van der Waals surface area contributed by atoms with Crippen molar-refractivity contribution >= 4 is 18.3 Å². The summed E-state index contributed by atoms with van der Waals surface area (Å²) >= 11 is 0. The van der Waals surface area contributed by atoms with Gasteiger partial charge < -0.3 is 10.2 Å². The molecule has 0 aliphatic carbocycles. The molecule has 0 bridgehead atoms. The van der Waals surface area contributed by atoms with Crippen molar-refractivity contribution < 1.29 is 9.18 Å². The Bertz CT molecular complexity index is 967. The molecule has 30 heavy (non-hydrogen) atoms. The van der Waals surface area contributed by atoms with E-state index in [1.165, 1.54) is 12.1 Å². The number of likely N-dealkylation sites (tertiary alicyclic amines) is 1. The molecule has 1 N–H and O–H groups in total. The Labute approximate surface area is 182 Å². The van der Waals surface area contributed by atoms with Gasteiger partial charge >= 0.3 is 0 Å². The monoisotopic (exact) mass is 428 g/mol. The number of aromatic nitrogens is 2. The smallest absolute Gasteiger partial charge is 0.227 e. The molecule has 0 saturated carbocycles. The second-order valence-electron chi connectivity index (χ2n) is 7.41. The average molecular weight is 429 g/mol. The Morgan fingerprint density at radius 2 is 1.77 bits per heavy atom. The lowest BCUT2D eigenvalue weighted by Crippen LogP contribution is -2.44. The maximum Gasteiger partial charge on any atom is 0.227 e. The first-order chi connectivity index (χ1) is 14.1. The Morgan fingerprint density at radius 1 is 1.10 bits per heavy atom. The van der Waals surface area contributed by atoms with E-state index in [0.717, 1.165) is 42.7 Å². The van der Waals surface area contributed by atoms with Crippen molar-refractivity contribution in [1.82, 2.24) is 20.0 Å². The van der Waals surface area contributed by atoms with Crippen LogP contribution in [0.4, 0.5) is 4.39 Å². The molecule has 2 heterocycles. The van der Waals surface area contributed by atoms with Crippen LogP contribution in [-0.4, -0.2) is 46.8 Å². The summed E-state index contributed by atoms with van der Waals surface area (Å²) in [4.78, 5) is 14.9. The lowest BCUT2D eigenvalue weighted by atomic mass is 10.0. The summed E-state index contributed by atoms with van der Waals surface area (Å²) in [5, 5.41) is 8.01. The molecule has 7 heteroatoms. The highest BCUT2D eigenvalue weighted by Gasteiger charge is 2.24. The normalized spacial score (nSPS) is 14.4. The largest absolute Gasteiger partial charge is 0.342 e. The molecule has 3 aromatic rings. The fraction of sp³-hybridized carbons (Fsp3) is 0.304. The third kappa shape index (κ3) is 4.89. The topological polar surface area (TPSA) is 50.2 Å². The lowest BCUT2D eigenvalue weighted by Gasteiger charge is -2.31. The van der Waals surface area contributed by atoms with Crippen LogP contribution in [0.3, 0.4) is 0 Å². The maximum absolute atomic E-state index is 13.4. The molecule has 5 nitrogen and oxygen atoms in total. The fourth-order valence-corrected chi connectivity index (χ4v) is 3.80. The minimum absolute atomic E-state index is 0. The van der Waals surface area contributed by atoms with Crippen molar-refractivity contribution in [3.05, 3.63) is 72.2 Å². The standard InChI is InChI=1S/C23H25FN4O.ClH/c1-25-20-11-13-27(14-12-20)22(29)15-18-16-28(21-5-3-2-4-6-21)26-23(18)17-7-9-19(24)10-8-17;/h2-10,16,20,25H,11-15H2,1H3;1H. The molecule has 1 aromatic heterocycles. The second-order valence-corrected chi connectivity index (χ2v) is 7.41. The minimum atomic E-state index is -0.290. The van der Waals surface area contributed by atoms with Crippen molar-refractivity contribution in [3.63, 3.8) is 0 Å². The van der Waals surface area contributed by atoms with Crippen LogP contribution in [0, 0.1) is 5.82 Å². The van der Waals surface area contributed by atoms with Gasteiger partial charge in [-0.1, -0.05) is 18.2 Å². The number of nitrogens with one attached hydrogen (secondary N) is 1. The van der Waals surface area contributed by atoms with E-state index in [9.17, 15) is 9.18 Å². The van der Waals surface area contributed by atoms with E-state index in [-0.39, 0.29) is 30.6 Å². The molecule has 0 unspecified atom stereocenters. The number of amides is 1. The summed E-state index contributed by atoms with van der Waals surface area (Å²) in [6, 6.07) is 16.5. The highest BCUT2D eigenvalue weighted by molar-refractivity contribution is 5.85. The third-order valence-electron chi connectivity index (χ3n) is 5.53. The summed E-state index contributed by atoms with van der Waals surface area (Å²) in [5.74, 6) is -0.184. The number of para-hydroxylation sites is 1. The third-order valence-corrected chi connectivity index (χ3v) is 5.53. The van der Waals surface area contributed by atoms with Crippen molar-refractivity contribution in [3.8, 4) is 16.9 Å². The molecule has 0 atom stereocenters. The van der Waals surface area contributed by atoms with E-state index in [0.29, 0.717) is 11.7 Å². The van der Waals surface area contributed by atoms with Crippen LogP contribution in [-0.2, 0) is 11.2 Å². The molecule has 1 saturated heterocycles. The Morgan fingerprint density at radius 3 is 2.40 bits per heavy atom. The van der Waals surface area contributed by atoms with Crippen molar-refractivity contribution in [2.45, 2.75) is 25.3 Å². The number of nitrogens with zero attached hydrogens (tertiary/aromatic N) is 3. The van der Waals surface area contributed by atoms with Crippen molar-refractivity contribution in [2.24, 2.45) is 0 Å². The Balaban J connectivity index is 0.00000256. The van der Waals surface area contributed by atoms with E-state index in [2.05, 4.69) is 5.32 Å². The molecule has 0 spiro atoms. The molecular formula is C23H26ClFN4O. The first-order valence-electron chi connectivity index (χ1n) is 9.99. The maximum atomic E-state index is 13.4. The highest BCUT2D eigenvalue weighted by Crippen LogP contribution is 2.25. The zero-order valence-electron chi connectivity index (χ0n) is 16.9. The molecule has 2 aromatic carbocycles. The van der Waals surface area contributed by atoms with Crippen LogP contribution in [0.15, 0.2) is 60.8 Å². The molecule has 1 aliphatic rings. The van der Waals surface area contributed by atoms with Crippen molar-refractivity contribution in [2.75, 3.05) is 20.1 Å². The second kappa shape index (κ2) is 9.87. The Kier molecular flexibility index (Phi) is 7.24. The molecule has 4 rings (SSSR count). The van der Waals surface area contributed by atoms with Crippen LogP contribution in [0.1, 0.15) is 18.4 Å². The van der Waals surface area contributed by atoms with Crippen molar-refractivity contribution in [1.29, 1.82) is 0 Å². The molecule has 1 amide bonds. The summed E-state index contributed by atoms with van der Waals surface area (Å²) < 4.78 is 15.2. The quantitative estimate of drug-likeness (QED) is 0.671. The van der Waals surface area contributed by atoms with E-state index >= 15 is 0 Å². The molecule has 0 radical (unpaired) electrons. The molecular weight excluding hydrogens is 403 g/mol. The van der Waals surface area contributed by atoms with Crippen LogP contribution in [0.25, 0.3) is 16.9 Å². The summed E-state index contributed by atoms with van der Waals surface area (Å²) in [7, 11) is 1.97. The number of piperidine rings is 1. The SMILES string of the molecule is CNC1CCN(C(=O)Cc2cn(-c3ccccc3)nc2-c2ccc(F)cc2)CC1.Cl. The minimum Gasteiger partial charge on any atom is -0.342 e. The van der Waals surface area contributed by atoms with Gasteiger partial charge in [-0.05, 0) is 56.3 Å². The highest BCUT2D eigenvalue weighted by atomic mass is 35.5. The lowest BCUT2D eigenvalue weighted by molar-refractivity contribution is -0.131. The summed E-state index contributed by atoms with van der Waals surface area (Å²) in [6.45, 7) is 1.53. The van der Waals surface area contributed by atoms with Crippen LogP contribution in [0.5, 0.6) is 0 Å². The summed E-state index contributed by atoms with van der Waals surface area (Å²) in [5.41, 5.74) is 3.29. The zero-order chi connectivity index (χ0) is 20.2. The van der Waals surface area contributed by atoms with Gasteiger partial charge in [-0.2, -0.15) is 5.10 Å². The Hall–Kier alpha value is -2.70. The first-order valence-corrected chi connectivity index (χ1v) is 9.99. The molecule has 1 fully saturated rings. The van der Waals surface area contributed by atoms with Gasteiger partial charge in [-0.15, -0.1) is 12.4 Å². The van der Waals surface area contributed by atoms with Gasteiger partial charge in [0.2, 0.25) is 5.91 Å². The van der Waals surface area contributed by atoms with Gasteiger partial charge in [0.25, 0.3) is 0 Å². The van der Waals surface area contributed by atoms with Gasteiger partial charge in [-0.3, -0.25) is 4.79 Å². The van der Waals surface area contributed by atoms with Gasteiger partial charge in [0.15, 0.2) is 0 Å². The number of carbonyl (C=O) groups excluding carboxylic acids is 1. The first kappa shape index (κ1) is 22.0. The van der Waals surface area contributed by atoms with Crippen LogP contribution in [0.2, 0.25) is 0 Å². The summed E-state index contributed by atoms with van der Waals surface area (Å²) in [6.07, 6.45) is 4.13.